The number of aromatic nitrogens is 2. The van der Waals surface area contributed by atoms with Crippen molar-refractivity contribution in [3.63, 3.8) is 0 Å². The van der Waals surface area contributed by atoms with E-state index in [2.05, 4.69) is 4.98 Å². The van der Waals surface area contributed by atoms with Crippen LogP contribution in [-0.4, -0.2) is 21.6 Å². The van der Waals surface area contributed by atoms with E-state index in [1.807, 2.05) is 50.5 Å². The van der Waals surface area contributed by atoms with Gasteiger partial charge in [-0.2, -0.15) is 0 Å². The zero-order chi connectivity index (χ0) is 14.9. The number of hydrogen-bond donors (Lipinski definition) is 1. The van der Waals surface area contributed by atoms with E-state index in [9.17, 15) is 4.79 Å². The lowest BCUT2D eigenvalue weighted by Gasteiger charge is -2.12. The van der Waals surface area contributed by atoms with Gasteiger partial charge in [-0.3, -0.25) is 4.79 Å². The van der Waals surface area contributed by atoms with Crippen LogP contribution in [0, 0.1) is 0 Å². The Labute approximate surface area is 118 Å². The number of anilines is 1. The largest absolute Gasteiger partial charge is 0.462 e. The van der Waals surface area contributed by atoms with Gasteiger partial charge in [0.15, 0.2) is 0 Å². The predicted molar refractivity (Wildman–Crippen MR) is 79.5 cm³/mol. The smallest absolute Gasteiger partial charge is 0.326 e. The van der Waals surface area contributed by atoms with E-state index in [1.165, 1.54) is 0 Å². The number of benzene rings is 1. The third-order valence-corrected chi connectivity index (χ3v) is 3.01. The summed E-state index contributed by atoms with van der Waals surface area (Å²) in [5, 5.41) is 0. The highest BCUT2D eigenvalue weighted by Gasteiger charge is 2.18. The molecule has 2 rings (SSSR count). The lowest BCUT2D eigenvalue weighted by Crippen LogP contribution is -2.19. The molecule has 5 heteroatoms. The van der Waals surface area contributed by atoms with Gasteiger partial charge in [-0.15, -0.1) is 0 Å². The molecular weight excluding hydrogens is 254 g/mol. The van der Waals surface area contributed by atoms with Crippen molar-refractivity contribution in [1.82, 2.24) is 9.55 Å². The standard InChI is InChI=1S/C15H21N3O2/c1-9(2)15-17-14-11(16)6-5-7-12(14)18(15)8-13(19)20-10(3)4/h5-7,9-10H,8,16H2,1-4H3. The van der Waals surface area contributed by atoms with Gasteiger partial charge in [0.2, 0.25) is 0 Å². The number of hydrogen-bond acceptors (Lipinski definition) is 4. The molecule has 0 saturated carbocycles. The van der Waals surface area contributed by atoms with Crippen LogP contribution in [0.2, 0.25) is 0 Å². The molecule has 1 aromatic heterocycles. The molecule has 0 aliphatic rings. The molecule has 0 atom stereocenters. The van der Waals surface area contributed by atoms with Gasteiger partial charge < -0.3 is 15.0 Å². The molecule has 2 N–H and O–H groups in total. The van der Waals surface area contributed by atoms with Crippen LogP contribution in [0.1, 0.15) is 39.4 Å². The number of esters is 1. The molecule has 1 aromatic carbocycles. The maximum atomic E-state index is 11.9. The molecule has 0 bridgehead atoms. The minimum Gasteiger partial charge on any atom is -0.462 e. The number of carbonyl (C=O) groups is 1. The topological polar surface area (TPSA) is 70.1 Å². The first kappa shape index (κ1) is 14.4. The molecule has 0 fully saturated rings. The van der Waals surface area contributed by atoms with Crippen LogP contribution in [-0.2, 0) is 16.1 Å². The summed E-state index contributed by atoms with van der Waals surface area (Å²) in [6, 6.07) is 5.61. The summed E-state index contributed by atoms with van der Waals surface area (Å²) in [4.78, 5) is 16.5. The van der Waals surface area contributed by atoms with Crippen molar-refractivity contribution >= 4 is 22.7 Å². The minimum absolute atomic E-state index is 0.121. The summed E-state index contributed by atoms with van der Waals surface area (Å²) in [7, 11) is 0. The van der Waals surface area contributed by atoms with Crippen molar-refractivity contribution in [3.8, 4) is 0 Å². The second-order valence-corrected chi connectivity index (χ2v) is 5.46. The van der Waals surface area contributed by atoms with E-state index in [0.29, 0.717) is 5.69 Å². The van der Waals surface area contributed by atoms with Gasteiger partial charge in [-0.25, -0.2) is 4.98 Å². The highest BCUT2D eigenvalue weighted by Crippen LogP contribution is 2.25. The van der Waals surface area contributed by atoms with E-state index in [-0.39, 0.29) is 24.5 Å². The number of rotatable bonds is 4. The maximum Gasteiger partial charge on any atom is 0.326 e. The van der Waals surface area contributed by atoms with Gasteiger partial charge in [0.1, 0.15) is 17.9 Å². The maximum absolute atomic E-state index is 11.9. The number of nitrogen functional groups attached to an aromatic ring is 1. The van der Waals surface area contributed by atoms with E-state index in [1.54, 1.807) is 0 Å². The molecule has 1 heterocycles. The number of fused-ring (bicyclic) bond motifs is 1. The van der Waals surface area contributed by atoms with Gasteiger partial charge in [0, 0.05) is 5.92 Å². The Morgan fingerprint density at radius 3 is 2.65 bits per heavy atom. The van der Waals surface area contributed by atoms with E-state index in [4.69, 9.17) is 10.5 Å². The fraction of sp³-hybridized carbons (Fsp3) is 0.467. The Kier molecular flexibility index (Phi) is 3.97. The summed E-state index contributed by atoms with van der Waals surface area (Å²) >= 11 is 0. The molecule has 0 saturated heterocycles. The number of ether oxygens (including phenoxy) is 1. The van der Waals surface area contributed by atoms with Crippen LogP contribution in [0.4, 0.5) is 5.69 Å². The van der Waals surface area contributed by atoms with Gasteiger partial charge in [-0.05, 0) is 26.0 Å². The second-order valence-electron chi connectivity index (χ2n) is 5.46. The average Bonchev–Trinajstić information content (AvgIpc) is 2.69. The summed E-state index contributed by atoms with van der Waals surface area (Å²) in [6.07, 6.45) is -0.121. The van der Waals surface area contributed by atoms with E-state index in [0.717, 1.165) is 16.9 Å². The summed E-state index contributed by atoms with van der Waals surface area (Å²) in [5.41, 5.74) is 8.20. The normalized spacial score (nSPS) is 11.5. The van der Waals surface area contributed by atoms with Crippen molar-refractivity contribution in [2.24, 2.45) is 0 Å². The Balaban J connectivity index is 2.47. The van der Waals surface area contributed by atoms with Crippen LogP contribution in [0.25, 0.3) is 11.0 Å². The van der Waals surface area contributed by atoms with Crippen molar-refractivity contribution in [1.29, 1.82) is 0 Å². The van der Waals surface area contributed by atoms with Gasteiger partial charge in [0.05, 0.1) is 17.3 Å². The van der Waals surface area contributed by atoms with Gasteiger partial charge in [0.25, 0.3) is 0 Å². The van der Waals surface area contributed by atoms with Crippen LogP contribution >= 0.6 is 0 Å². The fourth-order valence-corrected chi connectivity index (χ4v) is 2.22. The molecule has 0 spiro atoms. The van der Waals surface area contributed by atoms with Crippen molar-refractivity contribution in [3.05, 3.63) is 24.0 Å². The zero-order valence-electron chi connectivity index (χ0n) is 12.4. The molecule has 108 valence electrons. The van der Waals surface area contributed by atoms with Crippen LogP contribution in [0.5, 0.6) is 0 Å². The number of imidazole rings is 1. The van der Waals surface area contributed by atoms with E-state index < -0.39 is 0 Å². The first-order valence-corrected chi connectivity index (χ1v) is 6.84. The van der Waals surface area contributed by atoms with Crippen molar-refractivity contribution < 1.29 is 9.53 Å². The van der Waals surface area contributed by atoms with Crippen LogP contribution < -0.4 is 5.73 Å². The first-order valence-electron chi connectivity index (χ1n) is 6.84. The molecule has 0 radical (unpaired) electrons. The van der Waals surface area contributed by atoms with E-state index >= 15 is 0 Å². The quantitative estimate of drug-likeness (QED) is 0.688. The van der Waals surface area contributed by atoms with Crippen molar-refractivity contribution in [2.75, 3.05) is 5.73 Å². The van der Waals surface area contributed by atoms with Crippen molar-refractivity contribution in [2.45, 2.75) is 46.3 Å². The third-order valence-electron chi connectivity index (χ3n) is 3.01. The van der Waals surface area contributed by atoms with Gasteiger partial charge >= 0.3 is 5.97 Å². The zero-order valence-corrected chi connectivity index (χ0v) is 12.4. The highest BCUT2D eigenvalue weighted by molar-refractivity contribution is 5.88. The third kappa shape index (κ3) is 2.76. The lowest BCUT2D eigenvalue weighted by molar-refractivity contribution is -0.148. The van der Waals surface area contributed by atoms with Gasteiger partial charge in [-0.1, -0.05) is 19.9 Å². The number of carbonyl (C=O) groups excluding carboxylic acids is 1. The Morgan fingerprint density at radius 2 is 2.05 bits per heavy atom. The number of para-hydroxylation sites is 1. The predicted octanol–water partition coefficient (Wildman–Crippen LogP) is 2.69. The molecule has 0 unspecified atom stereocenters. The fourth-order valence-electron chi connectivity index (χ4n) is 2.22. The molecule has 0 aliphatic carbocycles. The summed E-state index contributed by atoms with van der Waals surface area (Å²) < 4.78 is 7.11. The Morgan fingerprint density at radius 1 is 1.35 bits per heavy atom. The Hall–Kier alpha value is -2.04. The molecule has 2 aromatic rings. The first-order chi connectivity index (χ1) is 9.40. The molecule has 5 nitrogen and oxygen atoms in total. The lowest BCUT2D eigenvalue weighted by atomic mass is 10.2. The number of nitrogens with two attached hydrogens (primary N) is 1. The molecular formula is C15H21N3O2. The molecule has 20 heavy (non-hydrogen) atoms. The van der Waals surface area contributed by atoms with Crippen LogP contribution in [0.15, 0.2) is 18.2 Å². The average molecular weight is 275 g/mol. The monoisotopic (exact) mass is 275 g/mol. The number of nitrogens with zero attached hydrogens (tertiary/aromatic N) is 2. The SMILES string of the molecule is CC(C)OC(=O)Cn1c(C(C)C)nc2c(N)cccc21. The second kappa shape index (κ2) is 5.53. The summed E-state index contributed by atoms with van der Waals surface area (Å²) in [5.74, 6) is 0.788. The minimum atomic E-state index is -0.261. The van der Waals surface area contributed by atoms with Crippen LogP contribution in [0.3, 0.4) is 0 Å². The highest BCUT2D eigenvalue weighted by atomic mass is 16.5. The molecule has 0 aliphatic heterocycles. The Bertz CT molecular complexity index is 629. The molecule has 0 amide bonds. The summed E-state index contributed by atoms with van der Waals surface area (Å²) in [6.45, 7) is 7.92.